The lowest BCUT2D eigenvalue weighted by Crippen LogP contribution is -2.26. The Bertz CT molecular complexity index is 359. The molecule has 1 nitrogen and oxygen atoms in total. The molecular weight excluding hydrogens is 226 g/mol. The van der Waals surface area contributed by atoms with Gasteiger partial charge in [-0.25, -0.2) is 0 Å². The fraction of sp³-hybridized carbons (Fsp3) is 0.455. The highest BCUT2D eigenvalue weighted by atomic mass is 79.9. The molecule has 2 heterocycles. The quantitative estimate of drug-likeness (QED) is 0.671. The highest BCUT2D eigenvalue weighted by molar-refractivity contribution is 9.10. The second-order valence-electron chi connectivity index (χ2n) is 3.91. The van der Waals surface area contributed by atoms with Crippen LogP contribution in [-0.4, -0.2) is 13.1 Å². The molecule has 0 aliphatic carbocycles. The van der Waals surface area contributed by atoms with Gasteiger partial charge in [0, 0.05) is 23.2 Å². The number of anilines is 1. The molecule has 3 rings (SSSR count). The van der Waals surface area contributed by atoms with Gasteiger partial charge in [0.2, 0.25) is 0 Å². The van der Waals surface area contributed by atoms with Crippen molar-refractivity contribution >= 4 is 21.6 Å². The lowest BCUT2D eigenvalue weighted by atomic mass is 10.0. The van der Waals surface area contributed by atoms with E-state index in [2.05, 4.69) is 33.0 Å². The molecule has 0 saturated heterocycles. The van der Waals surface area contributed by atoms with E-state index < -0.39 is 0 Å². The van der Waals surface area contributed by atoms with Crippen LogP contribution >= 0.6 is 15.9 Å². The predicted molar refractivity (Wildman–Crippen MR) is 58.4 cm³/mol. The number of hydrogen-bond donors (Lipinski definition) is 0. The van der Waals surface area contributed by atoms with E-state index in [1.165, 1.54) is 36.8 Å². The first-order valence-corrected chi connectivity index (χ1v) is 5.70. The number of benzene rings is 1. The summed E-state index contributed by atoms with van der Waals surface area (Å²) in [4.78, 5) is 2.54. The summed E-state index contributed by atoms with van der Waals surface area (Å²) in [5.41, 5.74) is 4.65. The first kappa shape index (κ1) is 7.86. The molecule has 0 aromatic heterocycles. The Morgan fingerprint density at radius 1 is 1.08 bits per heavy atom. The zero-order chi connectivity index (χ0) is 8.84. The van der Waals surface area contributed by atoms with Crippen molar-refractivity contribution in [3.63, 3.8) is 0 Å². The van der Waals surface area contributed by atoms with E-state index in [1.807, 2.05) is 0 Å². The first-order valence-electron chi connectivity index (χ1n) is 4.91. The molecule has 2 aliphatic rings. The Morgan fingerprint density at radius 2 is 1.85 bits per heavy atom. The molecule has 0 fully saturated rings. The fourth-order valence-corrected chi connectivity index (χ4v) is 3.11. The van der Waals surface area contributed by atoms with Gasteiger partial charge in [-0.2, -0.15) is 0 Å². The zero-order valence-corrected chi connectivity index (χ0v) is 9.10. The van der Waals surface area contributed by atoms with Crippen molar-refractivity contribution in [3.05, 3.63) is 27.7 Å². The molecule has 68 valence electrons. The average molecular weight is 238 g/mol. The molecule has 0 atom stereocenters. The number of nitrogens with zero attached hydrogens (tertiary/aromatic N) is 1. The van der Waals surface area contributed by atoms with E-state index in [0.29, 0.717) is 0 Å². The number of hydrogen-bond acceptors (Lipinski definition) is 1. The fourth-order valence-electron chi connectivity index (χ4n) is 2.56. The Labute approximate surface area is 86.9 Å². The second-order valence-corrected chi connectivity index (χ2v) is 4.83. The summed E-state index contributed by atoms with van der Waals surface area (Å²) in [5.74, 6) is 0. The van der Waals surface area contributed by atoms with E-state index in [-0.39, 0.29) is 0 Å². The Balaban J connectivity index is 2.23. The summed E-state index contributed by atoms with van der Waals surface area (Å²) in [6.45, 7) is 2.50. The standard InChI is InChI=1S/C11H12BrN/c12-10-6-8-2-1-4-13-5-3-9(7-10)11(8)13/h6-7H,1-5H2. The van der Waals surface area contributed by atoms with Crippen LogP contribution in [0.2, 0.25) is 0 Å². The largest absolute Gasteiger partial charge is 0.371 e. The highest BCUT2D eigenvalue weighted by Crippen LogP contribution is 2.37. The van der Waals surface area contributed by atoms with Crippen molar-refractivity contribution in [1.29, 1.82) is 0 Å². The van der Waals surface area contributed by atoms with Crippen molar-refractivity contribution in [1.82, 2.24) is 0 Å². The molecule has 13 heavy (non-hydrogen) atoms. The minimum absolute atomic E-state index is 1.23. The van der Waals surface area contributed by atoms with Crippen LogP contribution < -0.4 is 4.90 Å². The molecule has 0 radical (unpaired) electrons. The molecule has 1 aromatic carbocycles. The number of rotatable bonds is 0. The molecule has 0 spiro atoms. The van der Waals surface area contributed by atoms with Crippen LogP contribution in [0.25, 0.3) is 0 Å². The molecule has 2 aliphatic heterocycles. The summed E-state index contributed by atoms with van der Waals surface area (Å²) < 4.78 is 1.25. The molecule has 0 N–H and O–H groups in total. The van der Waals surface area contributed by atoms with Crippen LogP contribution in [0.15, 0.2) is 16.6 Å². The third kappa shape index (κ3) is 1.12. The van der Waals surface area contributed by atoms with Crippen molar-refractivity contribution in [2.45, 2.75) is 19.3 Å². The van der Waals surface area contributed by atoms with Crippen LogP contribution in [0, 0.1) is 0 Å². The Morgan fingerprint density at radius 3 is 2.69 bits per heavy atom. The van der Waals surface area contributed by atoms with Gasteiger partial charge in [-0.15, -0.1) is 0 Å². The van der Waals surface area contributed by atoms with Crippen LogP contribution in [0.4, 0.5) is 5.69 Å². The van der Waals surface area contributed by atoms with Crippen LogP contribution in [0.3, 0.4) is 0 Å². The Kier molecular flexibility index (Phi) is 1.66. The summed E-state index contributed by atoms with van der Waals surface area (Å²) in [6, 6.07) is 4.57. The molecule has 0 saturated carbocycles. The Hall–Kier alpha value is -0.500. The zero-order valence-electron chi connectivity index (χ0n) is 7.52. The van der Waals surface area contributed by atoms with E-state index in [9.17, 15) is 0 Å². The minimum Gasteiger partial charge on any atom is -0.371 e. The van der Waals surface area contributed by atoms with Crippen LogP contribution in [0.5, 0.6) is 0 Å². The van der Waals surface area contributed by atoms with Crippen LogP contribution in [0.1, 0.15) is 17.5 Å². The smallest absolute Gasteiger partial charge is 0.0432 e. The van der Waals surface area contributed by atoms with Gasteiger partial charge in [-0.3, -0.25) is 0 Å². The van der Waals surface area contributed by atoms with Crippen molar-refractivity contribution < 1.29 is 0 Å². The summed E-state index contributed by atoms with van der Waals surface area (Å²) in [5, 5.41) is 0. The van der Waals surface area contributed by atoms with Crippen molar-refractivity contribution in [2.24, 2.45) is 0 Å². The monoisotopic (exact) mass is 237 g/mol. The van der Waals surface area contributed by atoms with Gasteiger partial charge in [-0.05, 0) is 42.5 Å². The topological polar surface area (TPSA) is 3.24 Å². The molecular formula is C11H12BrN. The normalized spacial score (nSPS) is 19.0. The number of aryl methyl sites for hydroxylation is 1. The molecule has 2 heteroatoms. The van der Waals surface area contributed by atoms with Gasteiger partial charge < -0.3 is 4.90 Å². The lowest BCUT2D eigenvalue weighted by molar-refractivity contribution is 0.719. The first-order chi connectivity index (χ1) is 6.34. The lowest BCUT2D eigenvalue weighted by Gasteiger charge is -2.27. The van der Waals surface area contributed by atoms with Gasteiger partial charge in [0.05, 0.1) is 0 Å². The van der Waals surface area contributed by atoms with E-state index >= 15 is 0 Å². The van der Waals surface area contributed by atoms with E-state index in [4.69, 9.17) is 0 Å². The van der Waals surface area contributed by atoms with Gasteiger partial charge >= 0.3 is 0 Å². The molecule has 0 bridgehead atoms. The summed E-state index contributed by atoms with van der Waals surface area (Å²) in [6.07, 6.45) is 3.82. The molecule has 0 unspecified atom stereocenters. The third-order valence-electron chi connectivity index (χ3n) is 3.07. The molecule has 0 amide bonds. The van der Waals surface area contributed by atoms with Gasteiger partial charge in [-0.1, -0.05) is 15.9 Å². The van der Waals surface area contributed by atoms with Crippen molar-refractivity contribution in [2.75, 3.05) is 18.0 Å². The SMILES string of the molecule is Brc1cc2c3c(c1)CCN3CCC2. The predicted octanol–water partition coefficient (Wildman–Crippen LogP) is 2.76. The minimum atomic E-state index is 1.23. The van der Waals surface area contributed by atoms with Crippen molar-refractivity contribution in [3.8, 4) is 0 Å². The average Bonchev–Trinajstić information content (AvgIpc) is 2.50. The van der Waals surface area contributed by atoms with Crippen LogP contribution in [-0.2, 0) is 12.8 Å². The third-order valence-corrected chi connectivity index (χ3v) is 3.53. The highest BCUT2D eigenvalue weighted by Gasteiger charge is 2.25. The summed E-state index contributed by atoms with van der Waals surface area (Å²) in [7, 11) is 0. The van der Waals surface area contributed by atoms with Gasteiger partial charge in [0.1, 0.15) is 0 Å². The van der Waals surface area contributed by atoms with Gasteiger partial charge in [0.15, 0.2) is 0 Å². The van der Waals surface area contributed by atoms with Gasteiger partial charge in [0.25, 0.3) is 0 Å². The maximum atomic E-state index is 3.58. The maximum Gasteiger partial charge on any atom is 0.0432 e. The number of halogens is 1. The maximum absolute atomic E-state index is 3.58. The second kappa shape index (κ2) is 2.74. The van der Waals surface area contributed by atoms with E-state index in [1.54, 1.807) is 16.8 Å². The molecule has 1 aromatic rings. The van der Waals surface area contributed by atoms with E-state index in [0.717, 1.165) is 0 Å². The summed E-state index contributed by atoms with van der Waals surface area (Å²) >= 11 is 3.58.